The van der Waals surface area contributed by atoms with Gasteiger partial charge in [-0.25, -0.2) is 9.78 Å². The van der Waals surface area contributed by atoms with Gasteiger partial charge in [0.25, 0.3) is 0 Å². The Morgan fingerprint density at radius 2 is 1.65 bits per heavy atom. The predicted octanol–water partition coefficient (Wildman–Crippen LogP) is 4.57. The standard InChI is InChI=1S/C18H18BrClN4O2/c19-12-3-5-13(6-4-12)23-17(26)24-18(9-1-2-10-18)16(25)22-14-7-8-15(20)21-11-14/h3-8,11H,1-2,9-10H2,(H,22,25)(H2,23,24,26). The zero-order valence-electron chi connectivity index (χ0n) is 13.9. The van der Waals surface area contributed by atoms with Crippen LogP contribution < -0.4 is 16.0 Å². The van der Waals surface area contributed by atoms with E-state index < -0.39 is 11.6 Å². The first-order valence-corrected chi connectivity index (χ1v) is 9.42. The Labute approximate surface area is 164 Å². The topological polar surface area (TPSA) is 83.1 Å². The molecule has 1 fully saturated rings. The van der Waals surface area contributed by atoms with Gasteiger partial charge in [-0.3, -0.25) is 4.79 Å². The summed E-state index contributed by atoms with van der Waals surface area (Å²) in [5, 5.41) is 8.81. The molecule has 3 rings (SSSR count). The van der Waals surface area contributed by atoms with Crippen molar-refractivity contribution in [2.75, 3.05) is 10.6 Å². The van der Waals surface area contributed by atoms with Gasteiger partial charge in [-0.2, -0.15) is 0 Å². The first-order valence-electron chi connectivity index (χ1n) is 8.25. The van der Waals surface area contributed by atoms with Crippen LogP contribution in [0.3, 0.4) is 0 Å². The highest BCUT2D eigenvalue weighted by molar-refractivity contribution is 9.10. The van der Waals surface area contributed by atoms with Crippen molar-refractivity contribution in [2.45, 2.75) is 31.2 Å². The molecule has 8 heteroatoms. The van der Waals surface area contributed by atoms with Gasteiger partial charge in [-0.1, -0.05) is 40.4 Å². The summed E-state index contributed by atoms with van der Waals surface area (Å²) in [6.45, 7) is 0. The van der Waals surface area contributed by atoms with Gasteiger partial charge in [-0.05, 0) is 49.2 Å². The average Bonchev–Trinajstić information content (AvgIpc) is 3.08. The molecular weight excluding hydrogens is 420 g/mol. The summed E-state index contributed by atoms with van der Waals surface area (Å²) < 4.78 is 0.923. The summed E-state index contributed by atoms with van der Waals surface area (Å²) >= 11 is 9.12. The van der Waals surface area contributed by atoms with E-state index in [4.69, 9.17) is 11.6 Å². The largest absolute Gasteiger partial charge is 0.323 e. The van der Waals surface area contributed by atoms with Gasteiger partial charge >= 0.3 is 6.03 Å². The van der Waals surface area contributed by atoms with Crippen molar-refractivity contribution >= 4 is 50.8 Å². The number of hydrogen-bond donors (Lipinski definition) is 3. The van der Waals surface area contributed by atoms with Crippen LogP contribution in [0.1, 0.15) is 25.7 Å². The number of benzene rings is 1. The third-order valence-corrected chi connectivity index (χ3v) is 5.08. The Hall–Kier alpha value is -2.12. The van der Waals surface area contributed by atoms with Crippen molar-refractivity contribution in [2.24, 2.45) is 0 Å². The molecule has 1 heterocycles. The molecule has 0 unspecified atom stereocenters. The summed E-state index contributed by atoms with van der Waals surface area (Å²) in [6.07, 6.45) is 4.43. The van der Waals surface area contributed by atoms with Gasteiger partial charge in [0, 0.05) is 10.2 Å². The summed E-state index contributed by atoms with van der Waals surface area (Å²) in [7, 11) is 0. The number of halogens is 2. The van der Waals surface area contributed by atoms with E-state index in [1.807, 2.05) is 12.1 Å². The molecule has 0 atom stereocenters. The molecule has 0 bridgehead atoms. The van der Waals surface area contributed by atoms with E-state index in [-0.39, 0.29) is 5.91 Å². The average molecular weight is 438 g/mol. The molecule has 136 valence electrons. The molecule has 2 aromatic rings. The minimum absolute atomic E-state index is 0.245. The number of carbonyl (C=O) groups excluding carboxylic acids is 2. The van der Waals surface area contributed by atoms with E-state index in [0.29, 0.717) is 29.4 Å². The van der Waals surface area contributed by atoms with Crippen LogP contribution in [-0.4, -0.2) is 22.5 Å². The van der Waals surface area contributed by atoms with Crippen molar-refractivity contribution in [3.63, 3.8) is 0 Å². The number of pyridine rings is 1. The molecule has 0 aliphatic heterocycles. The number of anilines is 2. The second-order valence-corrected chi connectivity index (χ2v) is 7.50. The molecule has 3 amide bonds. The fourth-order valence-corrected chi connectivity index (χ4v) is 3.38. The molecule has 1 aliphatic rings. The quantitative estimate of drug-likeness (QED) is 0.613. The number of nitrogens with zero attached hydrogens (tertiary/aromatic N) is 1. The molecule has 0 saturated heterocycles. The Kier molecular flexibility index (Phi) is 5.78. The number of urea groups is 1. The van der Waals surface area contributed by atoms with E-state index in [1.54, 1.807) is 24.3 Å². The van der Waals surface area contributed by atoms with Gasteiger partial charge in [0.2, 0.25) is 5.91 Å². The van der Waals surface area contributed by atoms with E-state index >= 15 is 0 Å². The molecule has 6 nitrogen and oxygen atoms in total. The van der Waals surface area contributed by atoms with Crippen LogP contribution in [0.4, 0.5) is 16.2 Å². The number of nitrogens with one attached hydrogen (secondary N) is 3. The minimum atomic E-state index is -0.931. The van der Waals surface area contributed by atoms with Gasteiger partial charge in [0.15, 0.2) is 0 Å². The van der Waals surface area contributed by atoms with Gasteiger partial charge in [0.05, 0.1) is 11.9 Å². The van der Waals surface area contributed by atoms with Crippen LogP contribution in [0.5, 0.6) is 0 Å². The third kappa shape index (κ3) is 4.53. The highest BCUT2D eigenvalue weighted by Crippen LogP contribution is 2.31. The fraction of sp³-hybridized carbons (Fsp3) is 0.278. The Bertz CT molecular complexity index is 790. The van der Waals surface area contributed by atoms with Crippen LogP contribution >= 0.6 is 27.5 Å². The smallest absolute Gasteiger partial charge is 0.320 e. The first kappa shape index (κ1) is 18.7. The number of aromatic nitrogens is 1. The molecule has 0 radical (unpaired) electrons. The van der Waals surface area contributed by atoms with Crippen molar-refractivity contribution < 1.29 is 9.59 Å². The van der Waals surface area contributed by atoms with Crippen molar-refractivity contribution in [3.8, 4) is 0 Å². The van der Waals surface area contributed by atoms with Crippen LogP contribution in [0, 0.1) is 0 Å². The summed E-state index contributed by atoms with van der Waals surface area (Å²) in [5.74, 6) is -0.245. The van der Waals surface area contributed by atoms with Crippen LogP contribution in [0.15, 0.2) is 47.1 Å². The SMILES string of the molecule is O=C(Nc1ccc(Br)cc1)NC1(C(=O)Nc2ccc(Cl)nc2)CCCC1. The molecule has 1 aromatic carbocycles. The molecule has 1 aliphatic carbocycles. The summed E-state index contributed by atoms with van der Waals surface area (Å²) in [5.41, 5.74) is 0.265. The molecule has 0 spiro atoms. The summed E-state index contributed by atoms with van der Waals surface area (Å²) in [4.78, 5) is 29.2. The number of rotatable bonds is 4. The molecule has 1 aromatic heterocycles. The Balaban J connectivity index is 1.68. The molecule has 1 saturated carbocycles. The Morgan fingerprint density at radius 3 is 2.27 bits per heavy atom. The molecular formula is C18H18BrClN4O2. The second-order valence-electron chi connectivity index (χ2n) is 6.20. The van der Waals surface area contributed by atoms with Crippen LogP contribution in [0.2, 0.25) is 5.15 Å². The monoisotopic (exact) mass is 436 g/mol. The van der Waals surface area contributed by atoms with Crippen LogP contribution in [-0.2, 0) is 4.79 Å². The van der Waals surface area contributed by atoms with E-state index in [9.17, 15) is 9.59 Å². The van der Waals surface area contributed by atoms with Crippen molar-refractivity contribution in [1.82, 2.24) is 10.3 Å². The highest BCUT2D eigenvalue weighted by Gasteiger charge is 2.42. The first-order chi connectivity index (χ1) is 12.5. The fourth-order valence-electron chi connectivity index (χ4n) is 3.00. The van der Waals surface area contributed by atoms with Gasteiger partial charge in [-0.15, -0.1) is 0 Å². The summed E-state index contributed by atoms with van der Waals surface area (Å²) in [6, 6.07) is 10.1. The maximum atomic E-state index is 12.8. The predicted molar refractivity (Wildman–Crippen MR) is 105 cm³/mol. The van der Waals surface area contributed by atoms with E-state index in [2.05, 4.69) is 36.9 Å². The van der Waals surface area contributed by atoms with Crippen molar-refractivity contribution in [1.29, 1.82) is 0 Å². The number of hydrogen-bond acceptors (Lipinski definition) is 3. The number of amides is 3. The zero-order valence-corrected chi connectivity index (χ0v) is 16.2. The maximum Gasteiger partial charge on any atom is 0.320 e. The normalized spacial score (nSPS) is 15.3. The lowest BCUT2D eigenvalue weighted by Crippen LogP contribution is -2.56. The molecule has 3 N–H and O–H groups in total. The second kappa shape index (κ2) is 8.05. The Morgan fingerprint density at radius 1 is 1.00 bits per heavy atom. The third-order valence-electron chi connectivity index (χ3n) is 4.33. The minimum Gasteiger partial charge on any atom is -0.323 e. The lowest BCUT2D eigenvalue weighted by atomic mass is 9.96. The highest BCUT2D eigenvalue weighted by atomic mass is 79.9. The van der Waals surface area contributed by atoms with E-state index in [0.717, 1.165) is 17.3 Å². The maximum absolute atomic E-state index is 12.8. The lowest BCUT2D eigenvalue weighted by Gasteiger charge is -2.29. The van der Waals surface area contributed by atoms with E-state index in [1.165, 1.54) is 6.20 Å². The van der Waals surface area contributed by atoms with Gasteiger partial charge < -0.3 is 16.0 Å². The van der Waals surface area contributed by atoms with Gasteiger partial charge in [0.1, 0.15) is 10.7 Å². The van der Waals surface area contributed by atoms with Crippen molar-refractivity contribution in [3.05, 3.63) is 52.2 Å². The van der Waals surface area contributed by atoms with Crippen LogP contribution in [0.25, 0.3) is 0 Å². The lowest BCUT2D eigenvalue weighted by molar-refractivity contribution is -0.121. The molecule has 26 heavy (non-hydrogen) atoms. The zero-order chi connectivity index (χ0) is 18.6. The number of carbonyl (C=O) groups is 2.